The molecule has 3 amide bonds. The van der Waals surface area contributed by atoms with Crippen LogP contribution in [-0.2, 0) is 17.3 Å². The van der Waals surface area contributed by atoms with E-state index >= 15 is 0 Å². The van der Waals surface area contributed by atoms with Crippen LogP contribution in [0.3, 0.4) is 0 Å². The molecule has 0 bridgehead atoms. The molecule has 14 heteroatoms. The summed E-state index contributed by atoms with van der Waals surface area (Å²) in [5, 5.41) is 5.10. The maximum atomic E-state index is 14.5. The van der Waals surface area contributed by atoms with Crippen molar-refractivity contribution in [2.75, 3.05) is 53.3 Å². The highest BCUT2D eigenvalue weighted by molar-refractivity contribution is 7.17. The van der Waals surface area contributed by atoms with Gasteiger partial charge in [-0.2, -0.15) is 13.2 Å². The highest BCUT2D eigenvalue weighted by Gasteiger charge is 2.42. The number of rotatable bonds is 6. The first-order chi connectivity index (χ1) is 26.4. The van der Waals surface area contributed by atoms with Crippen LogP contribution >= 0.6 is 11.3 Å². The van der Waals surface area contributed by atoms with E-state index in [1.807, 2.05) is 19.1 Å². The summed E-state index contributed by atoms with van der Waals surface area (Å²) in [6, 6.07) is 19.8. The zero-order chi connectivity index (χ0) is 38.5. The number of piperidine rings is 1. The molecule has 3 aliphatic rings. The Kier molecular flexibility index (Phi) is 9.42. The molecule has 5 heterocycles. The van der Waals surface area contributed by atoms with E-state index < -0.39 is 29.2 Å². The quantitative estimate of drug-likeness (QED) is 0.168. The first kappa shape index (κ1) is 36.4. The van der Waals surface area contributed by atoms with Crippen molar-refractivity contribution in [3.63, 3.8) is 0 Å². The Morgan fingerprint density at radius 3 is 2.35 bits per heavy atom. The van der Waals surface area contributed by atoms with Crippen molar-refractivity contribution in [1.29, 1.82) is 0 Å². The molecule has 0 saturated carbocycles. The van der Waals surface area contributed by atoms with Crippen LogP contribution in [0.4, 0.5) is 40.4 Å². The molecule has 0 unspecified atom stereocenters. The van der Waals surface area contributed by atoms with Gasteiger partial charge in [0.1, 0.15) is 11.6 Å². The molecule has 9 nitrogen and oxygen atoms in total. The largest absolute Gasteiger partial charge is 0.418 e. The molecule has 55 heavy (non-hydrogen) atoms. The maximum absolute atomic E-state index is 14.5. The van der Waals surface area contributed by atoms with E-state index in [0.29, 0.717) is 51.2 Å². The third kappa shape index (κ3) is 7.07. The summed E-state index contributed by atoms with van der Waals surface area (Å²) in [4.78, 5) is 50.1. The predicted molar refractivity (Wildman–Crippen MR) is 203 cm³/mol. The van der Waals surface area contributed by atoms with Crippen molar-refractivity contribution in [2.24, 2.45) is 5.41 Å². The van der Waals surface area contributed by atoms with E-state index in [-0.39, 0.29) is 28.7 Å². The lowest BCUT2D eigenvalue weighted by atomic mass is 9.77. The van der Waals surface area contributed by atoms with Gasteiger partial charge < -0.3 is 25.2 Å². The Bertz CT molecular complexity index is 2310. The van der Waals surface area contributed by atoms with E-state index in [0.717, 1.165) is 73.7 Å². The summed E-state index contributed by atoms with van der Waals surface area (Å²) in [5.74, 6) is -1.99. The maximum Gasteiger partial charge on any atom is 0.418 e. The number of carbonyl (C=O) groups is 3. The average molecular weight is 770 g/mol. The number of aryl methyl sites for hydroxylation is 1. The number of para-hydroxylation sites is 2. The highest BCUT2D eigenvalue weighted by Crippen LogP contribution is 2.43. The molecule has 8 rings (SSSR count). The van der Waals surface area contributed by atoms with Crippen LogP contribution in [0.5, 0.6) is 0 Å². The van der Waals surface area contributed by atoms with E-state index in [9.17, 15) is 31.9 Å². The normalized spacial score (nSPS) is 16.1. The van der Waals surface area contributed by atoms with Crippen molar-refractivity contribution in [3.05, 3.63) is 124 Å². The lowest BCUT2D eigenvalue weighted by Gasteiger charge is -2.47. The summed E-state index contributed by atoms with van der Waals surface area (Å²) >= 11 is 1.06. The van der Waals surface area contributed by atoms with Crippen molar-refractivity contribution in [3.8, 4) is 10.4 Å². The van der Waals surface area contributed by atoms with Gasteiger partial charge in [-0.15, -0.1) is 11.3 Å². The number of benzene rings is 3. The number of aromatic nitrogens is 1. The Hall–Kier alpha value is -5.60. The Balaban J connectivity index is 0.981. The van der Waals surface area contributed by atoms with Gasteiger partial charge in [0.05, 0.1) is 40.6 Å². The molecule has 0 aliphatic carbocycles. The van der Waals surface area contributed by atoms with E-state index in [1.165, 1.54) is 0 Å². The third-order valence-corrected chi connectivity index (χ3v) is 11.7. The van der Waals surface area contributed by atoms with Crippen LogP contribution in [0.25, 0.3) is 10.4 Å². The van der Waals surface area contributed by atoms with Gasteiger partial charge in [0, 0.05) is 52.9 Å². The number of nitrogens with zero attached hydrogens (tertiary/aromatic N) is 3. The smallest absolute Gasteiger partial charge is 0.380 e. The first-order valence-electron chi connectivity index (χ1n) is 17.8. The van der Waals surface area contributed by atoms with E-state index in [2.05, 4.69) is 20.5 Å². The zero-order valence-corrected chi connectivity index (χ0v) is 30.5. The van der Waals surface area contributed by atoms with Crippen LogP contribution in [0.15, 0.2) is 85.1 Å². The lowest BCUT2D eigenvalue weighted by Crippen LogP contribution is -2.51. The van der Waals surface area contributed by atoms with Gasteiger partial charge >= 0.3 is 6.18 Å². The Morgan fingerprint density at radius 2 is 1.64 bits per heavy atom. The number of pyridine rings is 1. The molecule has 3 aromatic carbocycles. The average Bonchev–Trinajstić information content (AvgIpc) is 3.53. The fourth-order valence-electron chi connectivity index (χ4n) is 7.39. The van der Waals surface area contributed by atoms with Crippen LogP contribution in [0, 0.1) is 18.2 Å². The van der Waals surface area contributed by atoms with Gasteiger partial charge in [-0.25, -0.2) is 9.37 Å². The van der Waals surface area contributed by atoms with Crippen LogP contribution < -0.4 is 20.4 Å². The van der Waals surface area contributed by atoms with Gasteiger partial charge in [0.15, 0.2) is 0 Å². The number of amides is 3. The fourth-order valence-corrected chi connectivity index (χ4v) is 8.52. The number of hydrogen-bond donors (Lipinski definition) is 2. The Morgan fingerprint density at radius 1 is 0.891 bits per heavy atom. The fraction of sp³-hybridized carbons (Fsp3) is 0.268. The molecule has 2 aromatic heterocycles. The summed E-state index contributed by atoms with van der Waals surface area (Å²) in [6.07, 6.45) is -0.784. The molecule has 2 N–H and O–H groups in total. The minimum Gasteiger partial charge on any atom is -0.380 e. The summed E-state index contributed by atoms with van der Waals surface area (Å²) < 4.78 is 60.7. The predicted octanol–water partition coefficient (Wildman–Crippen LogP) is 8.60. The highest BCUT2D eigenvalue weighted by atomic mass is 32.1. The molecule has 282 valence electrons. The zero-order valence-electron chi connectivity index (χ0n) is 29.6. The molecule has 0 atom stereocenters. The SMILES string of the molecule is Cc1cnc(N2CCC3(CC2)COC3)c(C(=O)Nc2ccc(C(=O)N3CCc4cc(C(=O)Nc5c(F)cccc5C(F)(F)F)sc4-c4ccccc43)cc2)c1. The molecular weight excluding hydrogens is 735 g/mol. The third-order valence-electron chi connectivity index (χ3n) is 10.5. The molecule has 2 fully saturated rings. The number of hydrogen-bond acceptors (Lipinski definition) is 7. The molecule has 2 saturated heterocycles. The number of fused-ring (bicyclic) bond motifs is 3. The standard InChI is InChI=1S/C41H35F4N5O4S/c1-24-19-29(36(46-21-24)49-17-14-40(15-18-49)22-54-23-40)37(51)47-27-11-9-25(10-12-27)39(53)50-16-13-26-20-33(55-35(26)28-5-2-3-8-32(28)50)38(52)48-34-30(41(43,44)45)6-4-7-31(34)42/h2-12,19-21H,13-18,22-23H2,1H3,(H,47,51)(H,48,52). The minimum absolute atomic E-state index is 0.107. The summed E-state index contributed by atoms with van der Waals surface area (Å²) in [5.41, 5.74) is 2.28. The minimum atomic E-state index is -4.87. The molecular formula is C41H35F4N5O4S. The topological polar surface area (TPSA) is 104 Å². The van der Waals surface area contributed by atoms with Crippen molar-refractivity contribution >= 4 is 51.9 Å². The second kappa shape index (κ2) is 14.2. The van der Waals surface area contributed by atoms with Crippen molar-refractivity contribution in [2.45, 2.75) is 32.4 Å². The van der Waals surface area contributed by atoms with Gasteiger partial charge in [-0.05, 0) is 91.9 Å². The number of anilines is 4. The number of thiophene rings is 1. The number of alkyl halides is 3. The Labute approximate surface area is 317 Å². The van der Waals surface area contributed by atoms with Crippen LogP contribution in [-0.4, -0.2) is 55.6 Å². The lowest BCUT2D eigenvalue weighted by molar-refractivity contribution is -0.137. The number of nitrogens with one attached hydrogen (secondary N) is 2. The van der Waals surface area contributed by atoms with Gasteiger partial charge in [-0.1, -0.05) is 24.3 Å². The van der Waals surface area contributed by atoms with Crippen molar-refractivity contribution in [1.82, 2.24) is 4.98 Å². The van der Waals surface area contributed by atoms with E-state index in [1.54, 1.807) is 59.6 Å². The van der Waals surface area contributed by atoms with E-state index in [4.69, 9.17) is 4.74 Å². The molecule has 0 radical (unpaired) electrons. The first-order valence-corrected chi connectivity index (χ1v) is 18.6. The van der Waals surface area contributed by atoms with Gasteiger partial charge in [0.25, 0.3) is 17.7 Å². The van der Waals surface area contributed by atoms with Gasteiger partial charge in [0.2, 0.25) is 0 Å². The monoisotopic (exact) mass is 769 g/mol. The van der Waals surface area contributed by atoms with Crippen molar-refractivity contribution < 1.29 is 36.7 Å². The second-order valence-electron chi connectivity index (χ2n) is 14.2. The van der Waals surface area contributed by atoms with Crippen LogP contribution in [0.2, 0.25) is 0 Å². The summed E-state index contributed by atoms with van der Waals surface area (Å²) in [7, 11) is 0. The van der Waals surface area contributed by atoms with Gasteiger partial charge in [-0.3, -0.25) is 14.4 Å². The number of halogens is 4. The summed E-state index contributed by atoms with van der Waals surface area (Å²) in [6.45, 7) is 5.30. The molecule has 1 spiro atoms. The molecule has 5 aromatic rings. The number of ether oxygens (including phenoxy) is 1. The molecule has 3 aliphatic heterocycles. The van der Waals surface area contributed by atoms with Crippen LogP contribution in [0.1, 0.15) is 59.9 Å². The number of carbonyl (C=O) groups excluding carboxylic acids is 3. The second-order valence-corrected chi connectivity index (χ2v) is 15.3.